The summed E-state index contributed by atoms with van der Waals surface area (Å²) in [7, 11) is 0. The topological polar surface area (TPSA) is 62.5 Å². The molecule has 24 heavy (non-hydrogen) atoms. The second kappa shape index (κ2) is 8.11. The Morgan fingerprint density at radius 1 is 1.21 bits per heavy atom. The molecule has 2 rings (SSSR count). The first-order valence-electron chi connectivity index (χ1n) is 8.57. The number of likely N-dealkylation sites (N-methyl/N-ethyl adjacent to an activating group) is 1. The maximum atomic E-state index is 11.9. The zero-order chi connectivity index (χ0) is 17.7. The van der Waals surface area contributed by atoms with Crippen molar-refractivity contribution in [1.29, 1.82) is 0 Å². The SMILES string of the molecule is CCCCN(CC)CCn1cc(C(C)=O)c2cc(C(=O)O)ccc21. The zero-order valence-electron chi connectivity index (χ0n) is 14.7. The zero-order valence-corrected chi connectivity index (χ0v) is 14.7. The van der Waals surface area contributed by atoms with Gasteiger partial charge in [-0.05, 0) is 44.6 Å². The van der Waals surface area contributed by atoms with E-state index in [9.17, 15) is 14.7 Å². The standard InChI is InChI=1S/C19H26N2O3/c1-4-6-9-20(5-2)10-11-21-13-17(14(3)22)16-12-15(19(23)24)7-8-18(16)21/h7-8,12-13H,4-6,9-11H2,1-3H3,(H,23,24). The third-order valence-electron chi connectivity index (χ3n) is 4.44. The van der Waals surface area contributed by atoms with Crippen LogP contribution in [0.4, 0.5) is 0 Å². The molecule has 0 atom stereocenters. The van der Waals surface area contributed by atoms with Gasteiger partial charge in [-0.3, -0.25) is 4.79 Å². The highest BCUT2D eigenvalue weighted by Crippen LogP contribution is 2.23. The number of aromatic carboxylic acids is 1. The summed E-state index contributed by atoms with van der Waals surface area (Å²) in [5.41, 5.74) is 1.71. The van der Waals surface area contributed by atoms with E-state index < -0.39 is 5.97 Å². The monoisotopic (exact) mass is 330 g/mol. The van der Waals surface area contributed by atoms with Crippen molar-refractivity contribution in [2.24, 2.45) is 0 Å². The number of carbonyl (C=O) groups is 2. The Balaban J connectivity index is 2.30. The van der Waals surface area contributed by atoms with Crippen molar-refractivity contribution in [3.8, 4) is 0 Å². The first-order chi connectivity index (χ1) is 11.5. The summed E-state index contributed by atoms with van der Waals surface area (Å²) in [5.74, 6) is -1.02. The number of carboxylic acid groups (broad SMARTS) is 1. The molecule has 0 fully saturated rings. The van der Waals surface area contributed by atoms with E-state index in [1.54, 1.807) is 18.2 Å². The number of aromatic nitrogens is 1. The number of fused-ring (bicyclic) bond motifs is 1. The number of ketones is 1. The first-order valence-corrected chi connectivity index (χ1v) is 8.57. The van der Waals surface area contributed by atoms with Crippen LogP contribution in [0.2, 0.25) is 0 Å². The van der Waals surface area contributed by atoms with Crippen LogP contribution in [0.15, 0.2) is 24.4 Å². The van der Waals surface area contributed by atoms with E-state index in [1.807, 2.05) is 6.20 Å². The number of carboxylic acids is 1. The van der Waals surface area contributed by atoms with Gasteiger partial charge in [0.2, 0.25) is 0 Å². The van der Waals surface area contributed by atoms with Crippen molar-refractivity contribution < 1.29 is 14.7 Å². The number of benzene rings is 1. The lowest BCUT2D eigenvalue weighted by molar-refractivity contribution is 0.0696. The van der Waals surface area contributed by atoms with E-state index in [0.29, 0.717) is 5.56 Å². The minimum atomic E-state index is -0.976. The van der Waals surface area contributed by atoms with Crippen LogP contribution in [0.5, 0.6) is 0 Å². The fourth-order valence-corrected chi connectivity index (χ4v) is 2.95. The fraction of sp³-hybridized carbons (Fsp3) is 0.474. The maximum absolute atomic E-state index is 11.9. The van der Waals surface area contributed by atoms with Crippen molar-refractivity contribution in [3.63, 3.8) is 0 Å². The minimum Gasteiger partial charge on any atom is -0.478 e. The predicted molar refractivity (Wildman–Crippen MR) is 95.9 cm³/mol. The largest absolute Gasteiger partial charge is 0.478 e. The van der Waals surface area contributed by atoms with Crippen LogP contribution in [0, 0.1) is 0 Å². The highest BCUT2D eigenvalue weighted by atomic mass is 16.4. The average molecular weight is 330 g/mol. The van der Waals surface area contributed by atoms with Gasteiger partial charge in [0.15, 0.2) is 5.78 Å². The molecule has 1 aromatic carbocycles. The van der Waals surface area contributed by atoms with Crippen LogP contribution in [-0.2, 0) is 6.54 Å². The van der Waals surface area contributed by atoms with E-state index in [1.165, 1.54) is 19.8 Å². The molecule has 2 aromatic rings. The lowest BCUT2D eigenvalue weighted by Crippen LogP contribution is -2.28. The molecule has 0 unspecified atom stereocenters. The van der Waals surface area contributed by atoms with Gasteiger partial charge in [-0.2, -0.15) is 0 Å². The molecule has 0 saturated carbocycles. The van der Waals surface area contributed by atoms with E-state index in [4.69, 9.17) is 0 Å². The third-order valence-corrected chi connectivity index (χ3v) is 4.44. The van der Waals surface area contributed by atoms with Crippen molar-refractivity contribution in [2.75, 3.05) is 19.6 Å². The van der Waals surface area contributed by atoms with E-state index in [0.717, 1.165) is 37.1 Å². The summed E-state index contributed by atoms with van der Waals surface area (Å²) in [6.07, 6.45) is 4.21. The van der Waals surface area contributed by atoms with E-state index >= 15 is 0 Å². The summed E-state index contributed by atoms with van der Waals surface area (Å²) in [6, 6.07) is 4.99. The Kier molecular flexibility index (Phi) is 6.15. The summed E-state index contributed by atoms with van der Waals surface area (Å²) in [6.45, 7) is 9.64. The highest BCUT2D eigenvalue weighted by Gasteiger charge is 2.15. The van der Waals surface area contributed by atoms with Crippen molar-refractivity contribution >= 4 is 22.7 Å². The lowest BCUT2D eigenvalue weighted by Gasteiger charge is -2.20. The smallest absolute Gasteiger partial charge is 0.335 e. The lowest BCUT2D eigenvalue weighted by atomic mass is 10.1. The quantitative estimate of drug-likeness (QED) is 0.713. The van der Waals surface area contributed by atoms with E-state index in [2.05, 4.69) is 23.3 Å². The molecule has 0 amide bonds. The summed E-state index contributed by atoms with van der Waals surface area (Å²) < 4.78 is 2.06. The Labute approximate surface area is 142 Å². The first kappa shape index (κ1) is 18.2. The van der Waals surface area contributed by atoms with Crippen LogP contribution in [0.1, 0.15) is 54.3 Å². The fourth-order valence-electron chi connectivity index (χ4n) is 2.95. The molecular formula is C19H26N2O3. The number of hydrogen-bond acceptors (Lipinski definition) is 3. The minimum absolute atomic E-state index is 0.0420. The normalized spacial score (nSPS) is 11.3. The third kappa shape index (κ3) is 4.03. The van der Waals surface area contributed by atoms with Crippen LogP contribution < -0.4 is 0 Å². The predicted octanol–water partition coefficient (Wildman–Crippen LogP) is 3.66. The number of Topliss-reactive ketones (excluding diaryl/α,β-unsaturated/α-hetero) is 1. The molecular weight excluding hydrogens is 304 g/mol. The molecule has 130 valence electrons. The molecule has 0 aliphatic heterocycles. The Hall–Kier alpha value is -2.14. The average Bonchev–Trinajstić information content (AvgIpc) is 2.93. The summed E-state index contributed by atoms with van der Waals surface area (Å²) in [4.78, 5) is 25.5. The summed E-state index contributed by atoms with van der Waals surface area (Å²) in [5, 5.41) is 9.89. The van der Waals surface area contributed by atoms with Gasteiger partial charge in [0, 0.05) is 35.8 Å². The van der Waals surface area contributed by atoms with Gasteiger partial charge >= 0.3 is 5.97 Å². The summed E-state index contributed by atoms with van der Waals surface area (Å²) >= 11 is 0. The molecule has 1 heterocycles. The molecule has 0 bridgehead atoms. The van der Waals surface area contributed by atoms with Crippen LogP contribution in [-0.4, -0.2) is 46.0 Å². The van der Waals surface area contributed by atoms with Crippen LogP contribution in [0.25, 0.3) is 10.9 Å². The van der Waals surface area contributed by atoms with Gasteiger partial charge in [-0.1, -0.05) is 20.3 Å². The number of nitrogens with zero attached hydrogens (tertiary/aromatic N) is 2. The molecule has 5 nitrogen and oxygen atoms in total. The Morgan fingerprint density at radius 2 is 1.96 bits per heavy atom. The van der Waals surface area contributed by atoms with Gasteiger partial charge in [0.1, 0.15) is 0 Å². The van der Waals surface area contributed by atoms with Gasteiger partial charge in [-0.25, -0.2) is 4.79 Å². The van der Waals surface area contributed by atoms with Gasteiger partial charge in [-0.15, -0.1) is 0 Å². The Bertz CT molecular complexity index is 734. The molecule has 0 spiro atoms. The maximum Gasteiger partial charge on any atom is 0.335 e. The van der Waals surface area contributed by atoms with Gasteiger partial charge in [0.05, 0.1) is 5.56 Å². The molecule has 0 aliphatic carbocycles. The van der Waals surface area contributed by atoms with Crippen molar-refractivity contribution in [1.82, 2.24) is 9.47 Å². The van der Waals surface area contributed by atoms with Gasteiger partial charge < -0.3 is 14.6 Å². The highest BCUT2D eigenvalue weighted by molar-refractivity contribution is 6.08. The van der Waals surface area contributed by atoms with Crippen molar-refractivity contribution in [3.05, 3.63) is 35.5 Å². The molecule has 0 aliphatic rings. The van der Waals surface area contributed by atoms with Crippen LogP contribution >= 0.6 is 0 Å². The second-order valence-corrected chi connectivity index (χ2v) is 6.12. The molecule has 1 aromatic heterocycles. The molecule has 0 radical (unpaired) electrons. The number of hydrogen-bond donors (Lipinski definition) is 1. The molecule has 0 saturated heterocycles. The number of carbonyl (C=O) groups excluding carboxylic acids is 1. The second-order valence-electron chi connectivity index (χ2n) is 6.12. The van der Waals surface area contributed by atoms with Gasteiger partial charge in [0.25, 0.3) is 0 Å². The number of unbranched alkanes of at least 4 members (excludes halogenated alkanes) is 1. The molecule has 5 heteroatoms. The number of rotatable bonds is 9. The van der Waals surface area contributed by atoms with Crippen LogP contribution in [0.3, 0.4) is 0 Å². The molecule has 1 N–H and O–H groups in total. The van der Waals surface area contributed by atoms with Crippen molar-refractivity contribution in [2.45, 2.75) is 40.2 Å². The Morgan fingerprint density at radius 3 is 2.54 bits per heavy atom. The van der Waals surface area contributed by atoms with E-state index in [-0.39, 0.29) is 11.3 Å².